The molecular formula is C75H117N11O19. The van der Waals surface area contributed by atoms with Gasteiger partial charge in [-0.25, -0.2) is 14.4 Å². The molecular weight excluding hydrogens is 1360 g/mol. The standard InChI is InChI=1S/C75H117N11O19/c1-15-50(8)66(58(100-13)45-62(90)85-37-23-27-57(85)67(101-14)51(9)68(91)80-56(44-52-24-18-16-19-25-52)73(96)104-43-42-103-41-40-102-39-38-99-12)83(10)72(95)64(48(4)5)82-71(94)65(49(6)7)84(11)75(98)105-46-53-29-31-54(32-30-53)78-69(92)55(26-22-35-77-74(76)97)79-70(93)63(47(2)3)81-59(87)28-20-17-21-36-86-60(88)33-34-61(86)89/h16,18-19,24-25,29-34,47-51,55-58,63-67H,15,17,20-23,26-28,35-46H2,1-14H3,(H,78,92)(H,79,93)(H,80,91)(H,81,87)(H,82,94)(H3,76,77,97)/t50-,51+,55-,56-,57-,58?,63?,64-,65-,66-,67+/m0/s1. The largest absolute Gasteiger partial charge is 0.462 e. The molecule has 0 aliphatic carbocycles. The highest BCUT2D eigenvalue weighted by molar-refractivity contribution is 6.12. The first-order valence-corrected chi connectivity index (χ1v) is 36.5. The summed E-state index contributed by atoms with van der Waals surface area (Å²) in [7, 11) is 7.60. The van der Waals surface area contributed by atoms with Crippen LogP contribution in [0.4, 0.5) is 15.3 Å². The van der Waals surface area contributed by atoms with Gasteiger partial charge >= 0.3 is 18.1 Å². The number of unbranched alkanes of at least 4 members (excludes halogenated alkanes) is 2. The van der Waals surface area contributed by atoms with Crippen LogP contribution in [0.15, 0.2) is 66.7 Å². The van der Waals surface area contributed by atoms with Gasteiger partial charge in [0.15, 0.2) is 0 Å². The Morgan fingerprint density at radius 3 is 1.86 bits per heavy atom. The van der Waals surface area contributed by atoms with Crippen molar-refractivity contribution >= 4 is 76.9 Å². The van der Waals surface area contributed by atoms with Gasteiger partial charge in [-0.2, -0.15) is 0 Å². The highest BCUT2D eigenvalue weighted by atomic mass is 16.6. The number of nitrogens with zero attached hydrogens (tertiary/aromatic N) is 4. The van der Waals surface area contributed by atoms with E-state index in [4.69, 9.17) is 38.9 Å². The van der Waals surface area contributed by atoms with Crippen LogP contribution in [0.25, 0.3) is 0 Å². The molecule has 30 heteroatoms. The number of carbonyl (C=O) groups excluding carboxylic acids is 12. The van der Waals surface area contributed by atoms with Crippen molar-refractivity contribution < 1.29 is 90.7 Å². The Morgan fingerprint density at radius 2 is 1.27 bits per heavy atom. The predicted octanol–water partition coefficient (Wildman–Crippen LogP) is 4.79. The number of likely N-dealkylation sites (tertiary alicyclic amines) is 1. The van der Waals surface area contributed by atoms with Crippen LogP contribution in [0.3, 0.4) is 0 Å². The number of hydrogen-bond acceptors (Lipinski definition) is 19. The molecule has 1 fully saturated rings. The van der Waals surface area contributed by atoms with Crippen LogP contribution in [-0.2, 0) is 94.1 Å². The van der Waals surface area contributed by atoms with Crippen molar-refractivity contribution in [1.82, 2.24) is 46.2 Å². The van der Waals surface area contributed by atoms with Crippen molar-refractivity contribution in [2.24, 2.45) is 35.3 Å². The molecule has 105 heavy (non-hydrogen) atoms. The first-order chi connectivity index (χ1) is 50.0. The van der Waals surface area contributed by atoms with Crippen molar-refractivity contribution in [3.63, 3.8) is 0 Å². The molecule has 2 aromatic carbocycles. The van der Waals surface area contributed by atoms with E-state index in [1.165, 1.54) is 43.2 Å². The van der Waals surface area contributed by atoms with Crippen LogP contribution in [0.5, 0.6) is 0 Å². The molecule has 0 radical (unpaired) electrons. The van der Waals surface area contributed by atoms with E-state index >= 15 is 0 Å². The summed E-state index contributed by atoms with van der Waals surface area (Å²) in [6.07, 6.45) is 3.63. The van der Waals surface area contributed by atoms with E-state index in [1.54, 1.807) is 91.8 Å². The van der Waals surface area contributed by atoms with Gasteiger partial charge in [0.2, 0.25) is 41.4 Å². The number of carbonyl (C=O) groups is 12. The zero-order valence-corrected chi connectivity index (χ0v) is 63.9. The average Bonchev–Trinajstić information content (AvgIpc) is 1.71. The third-order valence-electron chi connectivity index (χ3n) is 18.9. The van der Waals surface area contributed by atoms with Crippen LogP contribution in [0.1, 0.15) is 138 Å². The van der Waals surface area contributed by atoms with E-state index < -0.39 is 126 Å². The second-order valence-electron chi connectivity index (χ2n) is 27.8. The molecule has 30 nitrogen and oxygen atoms in total. The van der Waals surface area contributed by atoms with Crippen molar-refractivity contribution in [2.45, 2.75) is 194 Å². The topological polar surface area (TPSA) is 381 Å². The van der Waals surface area contributed by atoms with E-state index in [0.717, 1.165) is 10.5 Å². The van der Waals surface area contributed by atoms with Gasteiger partial charge in [0.1, 0.15) is 43.4 Å². The molecule has 0 spiro atoms. The highest BCUT2D eigenvalue weighted by Gasteiger charge is 2.44. The molecule has 11 atom stereocenters. The van der Waals surface area contributed by atoms with E-state index in [2.05, 4.69) is 31.9 Å². The molecule has 0 saturated carbocycles. The minimum Gasteiger partial charge on any atom is -0.462 e. The number of benzene rings is 2. The Labute approximate surface area is 618 Å². The minimum atomic E-state index is -1.12. The molecule has 0 aromatic heterocycles. The molecule has 2 unspecified atom stereocenters. The summed E-state index contributed by atoms with van der Waals surface area (Å²) >= 11 is 0. The first-order valence-electron chi connectivity index (χ1n) is 36.5. The number of methoxy groups -OCH3 is 3. The fraction of sp³-hybridized carbons (Fsp3) is 0.653. The maximum absolute atomic E-state index is 14.9. The molecule has 0 bridgehead atoms. The lowest BCUT2D eigenvalue weighted by atomic mass is 9.89. The first kappa shape index (κ1) is 88.8. The number of hydrogen-bond donors (Lipinski definition) is 7. The maximum Gasteiger partial charge on any atom is 0.410 e. The summed E-state index contributed by atoms with van der Waals surface area (Å²) in [5.74, 6) is -7.15. The van der Waals surface area contributed by atoms with Crippen molar-refractivity contribution in [1.29, 1.82) is 0 Å². The number of primary amides is 1. The number of nitrogens with one attached hydrogen (secondary N) is 6. The summed E-state index contributed by atoms with van der Waals surface area (Å²) in [6, 6.07) is 8.24. The number of amides is 12. The number of ether oxygens (including phenoxy) is 7. The number of rotatable bonds is 48. The second-order valence-corrected chi connectivity index (χ2v) is 27.8. The maximum atomic E-state index is 14.9. The van der Waals surface area contributed by atoms with Crippen molar-refractivity contribution in [3.8, 4) is 0 Å². The van der Waals surface area contributed by atoms with E-state index in [1.807, 2.05) is 44.2 Å². The van der Waals surface area contributed by atoms with Gasteiger partial charge in [0.05, 0.1) is 69.7 Å². The summed E-state index contributed by atoms with van der Waals surface area (Å²) < 4.78 is 39.4. The lowest BCUT2D eigenvalue weighted by molar-refractivity contribution is -0.151. The van der Waals surface area contributed by atoms with E-state index in [9.17, 15) is 57.5 Å². The monoisotopic (exact) mass is 1480 g/mol. The Hall–Kier alpha value is -8.58. The fourth-order valence-corrected chi connectivity index (χ4v) is 12.8. The van der Waals surface area contributed by atoms with Crippen molar-refractivity contribution in [3.05, 3.63) is 77.9 Å². The average molecular weight is 1480 g/mol. The normalized spacial score (nSPS) is 16.4. The van der Waals surface area contributed by atoms with Gasteiger partial charge in [0.25, 0.3) is 11.8 Å². The second kappa shape index (κ2) is 46.4. The van der Waals surface area contributed by atoms with E-state index in [-0.39, 0.29) is 94.6 Å². The van der Waals surface area contributed by atoms with Crippen LogP contribution in [0.2, 0.25) is 0 Å². The minimum absolute atomic E-state index is 0.0464. The van der Waals surface area contributed by atoms with Gasteiger partial charge < -0.3 is 80.6 Å². The molecule has 8 N–H and O–H groups in total. The van der Waals surface area contributed by atoms with Gasteiger partial charge in [-0.05, 0) is 85.5 Å². The van der Waals surface area contributed by atoms with Crippen molar-refractivity contribution in [2.75, 3.05) is 100 Å². The van der Waals surface area contributed by atoms with Gasteiger partial charge in [-0.1, -0.05) is 118 Å². The summed E-state index contributed by atoms with van der Waals surface area (Å²) in [5.41, 5.74) is 6.90. The fourth-order valence-electron chi connectivity index (χ4n) is 12.8. The number of anilines is 1. The number of imide groups is 1. The molecule has 4 rings (SSSR count). The Bertz CT molecular complexity index is 3140. The lowest BCUT2D eigenvalue weighted by Gasteiger charge is -2.41. The SMILES string of the molecule is CC[C@H](C)[C@@H](C(CC(=O)N1CCC[C@H]1[C@H](OC)[C@@H](C)C(=O)N[C@@H](Cc1ccccc1)C(=O)OCCOCCOCCOC)OC)N(C)C(=O)[C@@H](NC(=O)[C@H](C(C)C)N(C)C(=O)OCc1ccc(NC(=O)[C@H](CCCNC(N)=O)NC(=O)C(NC(=O)CCCCCN2C(=O)C=CC2=O)C(C)C)cc1)C(C)C. The third kappa shape index (κ3) is 29.0. The summed E-state index contributed by atoms with van der Waals surface area (Å²) in [5, 5.41) is 16.6. The molecule has 2 aliphatic heterocycles. The smallest absolute Gasteiger partial charge is 0.410 e. The van der Waals surface area contributed by atoms with Gasteiger partial charge in [-0.15, -0.1) is 0 Å². The highest BCUT2D eigenvalue weighted by Crippen LogP contribution is 2.30. The molecule has 2 heterocycles. The number of esters is 1. The quantitative estimate of drug-likeness (QED) is 0.0266. The molecule has 12 amide bonds. The number of likely N-dealkylation sites (N-methyl/N-ethyl adjacent to an activating group) is 2. The zero-order valence-electron chi connectivity index (χ0n) is 63.9. The summed E-state index contributed by atoms with van der Waals surface area (Å²) in [4.78, 5) is 167. The van der Waals surface area contributed by atoms with Crippen LogP contribution in [-0.4, -0.2) is 240 Å². The molecule has 2 aromatic rings. The molecule has 586 valence electrons. The van der Waals surface area contributed by atoms with Crippen LogP contribution < -0.4 is 37.6 Å². The van der Waals surface area contributed by atoms with E-state index in [0.29, 0.717) is 82.7 Å². The Balaban J connectivity index is 1.38. The lowest BCUT2D eigenvalue weighted by Crippen LogP contribution is -2.60. The Morgan fingerprint density at radius 1 is 0.638 bits per heavy atom. The molecule has 2 aliphatic rings. The van der Waals surface area contributed by atoms with Gasteiger partial charge in [0, 0.05) is 85.7 Å². The van der Waals surface area contributed by atoms with Crippen LogP contribution >= 0.6 is 0 Å². The number of nitrogens with two attached hydrogens (primary N) is 1. The zero-order chi connectivity index (χ0) is 77.9. The van der Waals surface area contributed by atoms with Crippen LogP contribution in [0, 0.1) is 29.6 Å². The van der Waals surface area contributed by atoms with Gasteiger partial charge in [-0.3, -0.25) is 53.0 Å². The number of urea groups is 1. The Kier molecular flexibility index (Phi) is 39.2. The molecule has 1 saturated heterocycles. The summed E-state index contributed by atoms with van der Waals surface area (Å²) in [6.45, 7) is 18.3. The third-order valence-corrected chi connectivity index (χ3v) is 18.9. The predicted molar refractivity (Wildman–Crippen MR) is 391 cm³/mol.